The number of allylic oxidation sites excluding steroid dienone is 9. The molecule has 0 saturated carbocycles. The molecular weight excluding hydrogens is 412 g/mol. The molecule has 33 heavy (non-hydrogen) atoms. The summed E-state index contributed by atoms with van der Waals surface area (Å²) in [4.78, 5) is 21.8. The summed E-state index contributed by atoms with van der Waals surface area (Å²) in [7, 11) is 0. The number of carboxylic acid groups (broad SMARTS) is 1. The molecule has 0 aliphatic heterocycles. The van der Waals surface area contributed by atoms with Gasteiger partial charge >= 0.3 is 11.9 Å². The average molecular weight is 459 g/mol. The molecule has 0 saturated heterocycles. The van der Waals surface area contributed by atoms with Gasteiger partial charge in [0.25, 0.3) is 0 Å². The van der Waals surface area contributed by atoms with E-state index in [4.69, 9.17) is 9.84 Å². The topological polar surface area (TPSA) is 63.6 Å². The van der Waals surface area contributed by atoms with Gasteiger partial charge in [-0.2, -0.15) is 0 Å². The predicted octanol–water partition coefficient (Wildman–Crippen LogP) is 8.27. The molecule has 0 aromatic rings. The fourth-order valence-corrected chi connectivity index (χ4v) is 3.19. The Kier molecular flexibility index (Phi) is 17.8. The number of carbonyl (C=O) groups is 2. The smallest absolute Gasteiger partial charge is 0.306 e. The number of carboxylic acids is 1. The highest BCUT2D eigenvalue weighted by atomic mass is 16.5. The highest BCUT2D eigenvalue weighted by Gasteiger charge is 2.05. The summed E-state index contributed by atoms with van der Waals surface area (Å²) in [5, 5.41) is 8.56. The van der Waals surface area contributed by atoms with Gasteiger partial charge in [-0.1, -0.05) is 52.2 Å². The van der Waals surface area contributed by atoms with Crippen LogP contribution in [0.3, 0.4) is 0 Å². The summed E-state index contributed by atoms with van der Waals surface area (Å²) < 4.78 is 5.03. The first kappa shape index (κ1) is 30.6. The molecule has 0 radical (unpaired) electrons. The summed E-state index contributed by atoms with van der Waals surface area (Å²) in [6, 6.07) is 0. The van der Waals surface area contributed by atoms with Crippen LogP contribution in [0.15, 0.2) is 58.2 Å². The van der Waals surface area contributed by atoms with Gasteiger partial charge in [0, 0.05) is 0 Å². The Morgan fingerprint density at radius 2 is 0.970 bits per heavy atom. The van der Waals surface area contributed by atoms with Crippen molar-refractivity contribution in [3.05, 3.63) is 58.2 Å². The first-order valence-corrected chi connectivity index (χ1v) is 12.2. The molecule has 186 valence electrons. The zero-order valence-electron chi connectivity index (χ0n) is 21.8. The van der Waals surface area contributed by atoms with Crippen LogP contribution in [-0.2, 0) is 14.3 Å². The normalized spacial score (nSPS) is 13.2. The van der Waals surface area contributed by atoms with E-state index in [1.165, 1.54) is 27.9 Å². The quantitative estimate of drug-likeness (QED) is 0.176. The van der Waals surface area contributed by atoms with E-state index in [1.54, 1.807) is 0 Å². The van der Waals surface area contributed by atoms with Crippen molar-refractivity contribution in [1.29, 1.82) is 0 Å². The van der Waals surface area contributed by atoms with Crippen molar-refractivity contribution in [2.45, 2.75) is 106 Å². The second kappa shape index (κ2) is 19.1. The standard InChI is InChI=1S/C29H46O4/c1-23(2)11-7-12-24(3)13-8-14-25(4)15-9-16-26(5)17-10-18-27(6)21-22-33-29(32)20-19-28(30)31/h11,13,15,17,21H,7-10,12,14,16,18-20,22H2,1-6H3,(H,30,31)/b24-13?,25-15?,26-17+,27-21+. The van der Waals surface area contributed by atoms with Crippen molar-refractivity contribution in [3.63, 3.8) is 0 Å². The molecule has 0 aliphatic rings. The SMILES string of the molecule is CC(C)=CCCC(C)=CCCC(C)=CCC/C(C)=C/CC/C(C)=C/COC(=O)CCC(=O)O. The summed E-state index contributed by atoms with van der Waals surface area (Å²) >= 11 is 0. The maximum atomic E-state index is 11.4. The zero-order valence-corrected chi connectivity index (χ0v) is 21.8. The van der Waals surface area contributed by atoms with E-state index in [1.807, 2.05) is 13.0 Å². The number of hydrogen-bond donors (Lipinski definition) is 1. The summed E-state index contributed by atoms with van der Waals surface area (Å²) in [5.74, 6) is -1.45. The number of aliphatic carboxylic acids is 1. The fourth-order valence-electron chi connectivity index (χ4n) is 3.19. The third-order valence-corrected chi connectivity index (χ3v) is 5.40. The van der Waals surface area contributed by atoms with Crippen LogP contribution in [0.4, 0.5) is 0 Å². The van der Waals surface area contributed by atoms with Crippen LogP contribution in [0.1, 0.15) is 106 Å². The molecule has 0 aromatic carbocycles. The van der Waals surface area contributed by atoms with Crippen LogP contribution in [0.25, 0.3) is 0 Å². The molecular formula is C29H46O4. The van der Waals surface area contributed by atoms with Crippen molar-refractivity contribution in [2.75, 3.05) is 6.61 Å². The predicted molar refractivity (Wildman–Crippen MR) is 139 cm³/mol. The second-order valence-electron chi connectivity index (χ2n) is 9.21. The first-order chi connectivity index (χ1) is 15.6. The lowest BCUT2D eigenvalue weighted by atomic mass is 10.0. The van der Waals surface area contributed by atoms with Gasteiger partial charge in [0.15, 0.2) is 0 Å². The minimum atomic E-state index is -0.986. The van der Waals surface area contributed by atoms with Crippen LogP contribution >= 0.6 is 0 Å². The van der Waals surface area contributed by atoms with E-state index >= 15 is 0 Å². The monoisotopic (exact) mass is 458 g/mol. The highest BCUT2D eigenvalue weighted by molar-refractivity contribution is 5.76. The minimum absolute atomic E-state index is 0.0784. The van der Waals surface area contributed by atoms with Crippen molar-refractivity contribution >= 4 is 11.9 Å². The Hall–Kier alpha value is -2.36. The fraction of sp³-hybridized carbons (Fsp3) is 0.586. The highest BCUT2D eigenvalue weighted by Crippen LogP contribution is 2.14. The third kappa shape index (κ3) is 21.3. The molecule has 4 nitrogen and oxygen atoms in total. The van der Waals surface area contributed by atoms with Gasteiger partial charge in [-0.25, -0.2) is 0 Å². The Balaban J connectivity index is 4.08. The lowest BCUT2D eigenvalue weighted by molar-refractivity contribution is -0.146. The van der Waals surface area contributed by atoms with Gasteiger partial charge in [0.2, 0.25) is 0 Å². The summed E-state index contributed by atoms with van der Waals surface area (Å²) in [6.45, 7) is 13.2. The van der Waals surface area contributed by atoms with Crippen LogP contribution in [0.2, 0.25) is 0 Å². The first-order valence-electron chi connectivity index (χ1n) is 12.2. The molecule has 0 spiro atoms. The van der Waals surface area contributed by atoms with Gasteiger partial charge < -0.3 is 9.84 Å². The van der Waals surface area contributed by atoms with E-state index in [2.05, 4.69) is 58.9 Å². The van der Waals surface area contributed by atoms with Gasteiger partial charge in [0.1, 0.15) is 6.61 Å². The second-order valence-corrected chi connectivity index (χ2v) is 9.21. The van der Waals surface area contributed by atoms with Gasteiger partial charge in [-0.15, -0.1) is 0 Å². The van der Waals surface area contributed by atoms with E-state index in [0.717, 1.165) is 51.4 Å². The number of ether oxygens (including phenoxy) is 1. The Morgan fingerprint density at radius 3 is 1.36 bits per heavy atom. The maximum Gasteiger partial charge on any atom is 0.306 e. The number of rotatable bonds is 17. The summed E-state index contributed by atoms with van der Waals surface area (Å²) in [6.07, 6.45) is 19.6. The minimum Gasteiger partial charge on any atom is -0.481 e. The van der Waals surface area contributed by atoms with Crippen molar-refractivity contribution < 1.29 is 19.4 Å². The van der Waals surface area contributed by atoms with Gasteiger partial charge in [-0.05, 0) is 99.0 Å². The lowest BCUT2D eigenvalue weighted by Crippen LogP contribution is -2.07. The van der Waals surface area contributed by atoms with Crippen molar-refractivity contribution in [3.8, 4) is 0 Å². The lowest BCUT2D eigenvalue weighted by Gasteiger charge is -2.04. The van der Waals surface area contributed by atoms with Crippen LogP contribution < -0.4 is 0 Å². The van der Waals surface area contributed by atoms with E-state index in [-0.39, 0.29) is 19.4 Å². The number of carbonyl (C=O) groups excluding carboxylic acids is 1. The van der Waals surface area contributed by atoms with E-state index in [0.29, 0.717) is 0 Å². The summed E-state index contributed by atoms with van der Waals surface area (Å²) in [5.41, 5.74) is 6.92. The molecule has 0 bridgehead atoms. The number of hydrogen-bond acceptors (Lipinski definition) is 3. The zero-order chi connectivity index (χ0) is 25.1. The number of esters is 1. The Morgan fingerprint density at radius 1 is 0.576 bits per heavy atom. The molecule has 1 N–H and O–H groups in total. The Bertz CT molecular complexity index is 744. The molecule has 0 aliphatic carbocycles. The largest absolute Gasteiger partial charge is 0.481 e. The molecule has 0 aromatic heterocycles. The average Bonchev–Trinajstić information content (AvgIpc) is 2.72. The molecule has 4 heteroatoms. The van der Waals surface area contributed by atoms with Crippen LogP contribution in [0, 0.1) is 0 Å². The molecule has 0 fully saturated rings. The van der Waals surface area contributed by atoms with Crippen molar-refractivity contribution in [2.24, 2.45) is 0 Å². The third-order valence-electron chi connectivity index (χ3n) is 5.40. The molecule has 0 atom stereocenters. The van der Waals surface area contributed by atoms with Gasteiger partial charge in [0.05, 0.1) is 12.8 Å². The van der Waals surface area contributed by atoms with Crippen LogP contribution in [0.5, 0.6) is 0 Å². The van der Waals surface area contributed by atoms with Crippen molar-refractivity contribution in [1.82, 2.24) is 0 Å². The molecule has 0 amide bonds. The van der Waals surface area contributed by atoms with E-state index in [9.17, 15) is 9.59 Å². The maximum absolute atomic E-state index is 11.4. The van der Waals surface area contributed by atoms with Gasteiger partial charge in [-0.3, -0.25) is 9.59 Å². The Labute approximate surface area is 202 Å². The molecule has 0 heterocycles. The van der Waals surface area contributed by atoms with Crippen LogP contribution in [-0.4, -0.2) is 23.7 Å². The molecule has 0 unspecified atom stereocenters. The van der Waals surface area contributed by atoms with E-state index < -0.39 is 11.9 Å². The molecule has 0 rings (SSSR count).